The molecule has 0 spiro atoms. The van der Waals surface area contributed by atoms with Crippen LogP contribution in [-0.4, -0.2) is 95.4 Å². The molecule has 2 aliphatic rings. The van der Waals surface area contributed by atoms with Gasteiger partial charge in [-0.05, 0) is 12.8 Å². The van der Waals surface area contributed by atoms with Crippen molar-refractivity contribution in [2.75, 3.05) is 60.0 Å². The van der Waals surface area contributed by atoms with Gasteiger partial charge in [0.05, 0.1) is 11.9 Å². The normalized spacial score (nSPS) is 24.1. The van der Waals surface area contributed by atoms with Crippen LogP contribution in [0.2, 0.25) is 0 Å². The molecular weight excluding hydrogens is 358 g/mol. The quantitative estimate of drug-likeness (QED) is 0.431. The number of likely N-dealkylation sites (tertiary alicyclic amines) is 1. The van der Waals surface area contributed by atoms with Crippen molar-refractivity contribution in [2.45, 2.75) is 25.0 Å². The second-order valence-corrected chi connectivity index (χ2v) is 8.98. The highest BCUT2D eigenvalue weighted by Crippen LogP contribution is 2.17. The summed E-state index contributed by atoms with van der Waals surface area (Å²) < 4.78 is 32.5. The number of nitrogens with one attached hydrogen (secondary N) is 2. The number of amides is 1. The Labute approximate surface area is 156 Å². The number of sulfonamides is 1. The summed E-state index contributed by atoms with van der Waals surface area (Å²) in [5, 5.41) is 2.85. The number of carbonyl (C=O) groups is 1. The summed E-state index contributed by atoms with van der Waals surface area (Å²) in [6, 6.07) is 0. The standard InChI is InChI=1S/C16H31N5O4S/c1-4-19-26(23,24)14-5-7-21(11-14)16(18-10-15(22)20(2)3)17-9-13-6-8-25-12-13/h13-14,19H,4-12H2,1-3H3,(H,17,18). The monoisotopic (exact) mass is 389 g/mol. The highest BCUT2D eigenvalue weighted by atomic mass is 32.2. The van der Waals surface area contributed by atoms with Crippen LogP contribution < -0.4 is 10.0 Å². The van der Waals surface area contributed by atoms with Gasteiger partial charge in [-0.2, -0.15) is 0 Å². The third-order valence-electron chi connectivity index (χ3n) is 4.66. The highest BCUT2D eigenvalue weighted by molar-refractivity contribution is 7.90. The molecule has 0 aromatic heterocycles. The van der Waals surface area contributed by atoms with E-state index in [1.807, 2.05) is 4.90 Å². The molecule has 0 bridgehead atoms. The largest absolute Gasteiger partial charge is 0.381 e. The van der Waals surface area contributed by atoms with Gasteiger partial charge in [-0.1, -0.05) is 6.92 Å². The average Bonchev–Trinajstić information content (AvgIpc) is 3.26. The average molecular weight is 390 g/mol. The molecule has 2 fully saturated rings. The first-order valence-electron chi connectivity index (χ1n) is 9.13. The lowest BCUT2D eigenvalue weighted by atomic mass is 10.1. The van der Waals surface area contributed by atoms with E-state index in [1.165, 1.54) is 4.90 Å². The molecule has 0 aromatic rings. The Morgan fingerprint density at radius 3 is 2.73 bits per heavy atom. The van der Waals surface area contributed by atoms with Gasteiger partial charge in [-0.3, -0.25) is 4.79 Å². The molecule has 2 unspecified atom stereocenters. The van der Waals surface area contributed by atoms with E-state index in [9.17, 15) is 13.2 Å². The van der Waals surface area contributed by atoms with Crippen LogP contribution in [0.15, 0.2) is 4.99 Å². The first-order valence-corrected chi connectivity index (χ1v) is 10.7. The van der Waals surface area contributed by atoms with Crippen LogP contribution in [0.3, 0.4) is 0 Å². The summed E-state index contributed by atoms with van der Waals surface area (Å²) in [6.07, 6.45) is 1.54. The van der Waals surface area contributed by atoms with E-state index in [0.717, 1.165) is 13.0 Å². The molecule has 2 aliphatic heterocycles. The molecule has 2 atom stereocenters. The molecule has 0 saturated carbocycles. The number of guanidine groups is 1. The van der Waals surface area contributed by atoms with E-state index in [4.69, 9.17) is 4.74 Å². The molecule has 26 heavy (non-hydrogen) atoms. The van der Waals surface area contributed by atoms with Crippen LogP contribution in [-0.2, 0) is 19.6 Å². The molecule has 0 aliphatic carbocycles. The molecule has 2 rings (SSSR count). The molecule has 9 nitrogen and oxygen atoms in total. The highest BCUT2D eigenvalue weighted by Gasteiger charge is 2.34. The maximum Gasteiger partial charge on any atom is 0.243 e. The topological polar surface area (TPSA) is 103 Å². The fourth-order valence-electron chi connectivity index (χ4n) is 3.02. The van der Waals surface area contributed by atoms with E-state index in [1.54, 1.807) is 21.0 Å². The van der Waals surface area contributed by atoms with Gasteiger partial charge in [0.1, 0.15) is 6.54 Å². The third-order valence-corrected chi connectivity index (χ3v) is 6.62. The Balaban J connectivity index is 2.02. The van der Waals surface area contributed by atoms with Gasteiger partial charge < -0.3 is 19.9 Å². The number of nitrogens with zero attached hydrogens (tertiary/aromatic N) is 3. The SMILES string of the molecule is CCNS(=O)(=O)C1CCN(C(=NCC(=O)N(C)C)NCC2CCOC2)C1. The van der Waals surface area contributed by atoms with Gasteiger partial charge in [0, 0.05) is 52.8 Å². The lowest BCUT2D eigenvalue weighted by molar-refractivity contribution is -0.127. The fraction of sp³-hybridized carbons (Fsp3) is 0.875. The number of hydrogen-bond donors (Lipinski definition) is 2. The van der Waals surface area contributed by atoms with E-state index >= 15 is 0 Å². The number of carbonyl (C=O) groups excluding carboxylic acids is 1. The number of rotatable bonds is 7. The van der Waals surface area contributed by atoms with Crippen LogP contribution in [0.1, 0.15) is 19.8 Å². The second-order valence-electron chi connectivity index (χ2n) is 6.94. The van der Waals surface area contributed by atoms with E-state index in [0.29, 0.717) is 51.1 Å². The summed E-state index contributed by atoms with van der Waals surface area (Å²) >= 11 is 0. The van der Waals surface area contributed by atoms with Crippen molar-refractivity contribution in [1.82, 2.24) is 19.8 Å². The lowest BCUT2D eigenvalue weighted by Crippen LogP contribution is -2.44. The van der Waals surface area contributed by atoms with Crippen molar-refractivity contribution in [3.63, 3.8) is 0 Å². The van der Waals surface area contributed by atoms with E-state index in [2.05, 4.69) is 15.0 Å². The minimum Gasteiger partial charge on any atom is -0.381 e. The van der Waals surface area contributed by atoms with E-state index in [-0.39, 0.29) is 12.5 Å². The molecule has 150 valence electrons. The van der Waals surface area contributed by atoms with Gasteiger partial charge in [0.25, 0.3) is 0 Å². The predicted molar refractivity (Wildman–Crippen MR) is 100 cm³/mol. The van der Waals surface area contributed by atoms with Gasteiger partial charge in [-0.15, -0.1) is 0 Å². The van der Waals surface area contributed by atoms with Crippen LogP contribution in [0, 0.1) is 5.92 Å². The summed E-state index contributed by atoms with van der Waals surface area (Å²) in [5.41, 5.74) is 0. The van der Waals surface area contributed by atoms with Crippen LogP contribution in [0.5, 0.6) is 0 Å². The zero-order valence-corrected chi connectivity index (χ0v) is 16.7. The number of hydrogen-bond acceptors (Lipinski definition) is 5. The van der Waals surface area contributed by atoms with Crippen molar-refractivity contribution in [2.24, 2.45) is 10.9 Å². The van der Waals surface area contributed by atoms with Gasteiger partial charge in [0.15, 0.2) is 5.96 Å². The molecule has 1 amide bonds. The molecule has 10 heteroatoms. The van der Waals surface area contributed by atoms with Crippen LogP contribution in [0.25, 0.3) is 0 Å². The number of aliphatic imine (C=N–C) groups is 1. The Kier molecular flexibility index (Phi) is 7.66. The van der Waals surface area contributed by atoms with Crippen molar-refractivity contribution < 1.29 is 17.9 Å². The lowest BCUT2D eigenvalue weighted by Gasteiger charge is -2.23. The van der Waals surface area contributed by atoms with Crippen molar-refractivity contribution in [3.8, 4) is 0 Å². The van der Waals surface area contributed by atoms with Crippen molar-refractivity contribution in [3.05, 3.63) is 0 Å². The molecule has 2 N–H and O–H groups in total. The number of likely N-dealkylation sites (N-methyl/N-ethyl adjacent to an activating group) is 1. The molecule has 2 saturated heterocycles. The Bertz CT molecular complexity index is 602. The predicted octanol–water partition coefficient (Wildman–Crippen LogP) is -0.930. The summed E-state index contributed by atoms with van der Waals surface area (Å²) in [5.74, 6) is 0.916. The maximum atomic E-state index is 12.2. The van der Waals surface area contributed by atoms with Crippen LogP contribution >= 0.6 is 0 Å². The first kappa shape index (κ1) is 20.9. The van der Waals surface area contributed by atoms with Crippen molar-refractivity contribution >= 4 is 21.9 Å². The zero-order valence-electron chi connectivity index (χ0n) is 15.9. The van der Waals surface area contributed by atoms with Gasteiger partial charge in [0.2, 0.25) is 15.9 Å². The van der Waals surface area contributed by atoms with Crippen LogP contribution in [0.4, 0.5) is 0 Å². The maximum absolute atomic E-state index is 12.2. The van der Waals surface area contributed by atoms with E-state index < -0.39 is 15.3 Å². The Morgan fingerprint density at radius 1 is 1.35 bits per heavy atom. The molecule has 2 heterocycles. The minimum absolute atomic E-state index is 0.0393. The summed E-state index contributed by atoms with van der Waals surface area (Å²) in [6.45, 7) is 5.36. The number of ether oxygens (including phenoxy) is 1. The Hall–Kier alpha value is -1.39. The summed E-state index contributed by atoms with van der Waals surface area (Å²) in [7, 11) is 0.0589. The van der Waals surface area contributed by atoms with Gasteiger partial charge >= 0.3 is 0 Å². The van der Waals surface area contributed by atoms with Crippen molar-refractivity contribution in [1.29, 1.82) is 0 Å². The fourth-order valence-corrected chi connectivity index (χ4v) is 4.45. The Morgan fingerprint density at radius 2 is 2.12 bits per heavy atom. The molecule has 0 aromatic carbocycles. The zero-order chi connectivity index (χ0) is 19.2. The molecular formula is C16H31N5O4S. The first-order chi connectivity index (χ1) is 12.3. The third kappa shape index (κ3) is 5.82. The second kappa shape index (κ2) is 9.52. The molecule has 0 radical (unpaired) electrons. The minimum atomic E-state index is -3.32. The summed E-state index contributed by atoms with van der Waals surface area (Å²) in [4.78, 5) is 19.7. The smallest absolute Gasteiger partial charge is 0.243 e. The van der Waals surface area contributed by atoms with Gasteiger partial charge in [-0.25, -0.2) is 18.1 Å².